The number of aromatic nitrogens is 3. The van der Waals surface area contributed by atoms with Crippen LogP contribution < -0.4 is 11.1 Å². The highest BCUT2D eigenvalue weighted by atomic mass is 16.2. The molecule has 0 fully saturated rings. The number of amides is 1. The largest absolute Gasteiger partial charge is 0.324 e. The molecule has 0 saturated heterocycles. The van der Waals surface area contributed by atoms with Gasteiger partial charge in [-0.25, -0.2) is 4.68 Å². The van der Waals surface area contributed by atoms with Crippen molar-refractivity contribution in [1.82, 2.24) is 15.0 Å². The number of aryl methyl sites for hydroxylation is 1. The number of anilines is 1. The Morgan fingerprint density at radius 3 is 3.05 bits per heavy atom. The smallest absolute Gasteiger partial charge is 0.246 e. The van der Waals surface area contributed by atoms with Crippen molar-refractivity contribution in [2.24, 2.45) is 5.73 Å². The number of nitrogens with two attached hydrogens (primary N) is 1. The summed E-state index contributed by atoms with van der Waals surface area (Å²) in [5.41, 5.74) is 7.96. The molecule has 1 heterocycles. The lowest BCUT2D eigenvalue weighted by molar-refractivity contribution is -0.116. The highest BCUT2D eigenvalue weighted by Gasteiger charge is 2.05. The summed E-state index contributed by atoms with van der Waals surface area (Å²) in [6.07, 6.45) is 3.16. The van der Waals surface area contributed by atoms with Crippen LogP contribution in [-0.2, 0) is 11.3 Å². The number of hydrogen-bond donors (Lipinski definition) is 2. The molecule has 1 amide bonds. The van der Waals surface area contributed by atoms with Crippen molar-refractivity contribution in [3.8, 4) is 11.8 Å². The van der Waals surface area contributed by atoms with Gasteiger partial charge in [0.05, 0.1) is 12.7 Å². The molecular formula is C14H15N5O. The van der Waals surface area contributed by atoms with Crippen LogP contribution in [0.5, 0.6) is 0 Å². The van der Waals surface area contributed by atoms with Gasteiger partial charge in [-0.3, -0.25) is 4.79 Å². The third-order valence-electron chi connectivity index (χ3n) is 2.62. The second kappa shape index (κ2) is 6.50. The number of rotatable bonds is 3. The molecule has 0 saturated carbocycles. The fraction of sp³-hybridized carbons (Fsp3) is 0.214. The molecule has 0 atom stereocenters. The van der Waals surface area contributed by atoms with Gasteiger partial charge in [-0.2, -0.15) is 0 Å². The summed E-state index contributed by atoms with van der Waals surface area (Å²) in [5, 5.41) is 10.2. The summed E-state index contributed by atoms with van der Waals surface area (Å²) < 4.78 is 1.46. The van der Waals surface area contributed by atoms with E-state index in [1.807, 2.05) is 25.1 Å². The molecule has 6 nitrogen and oxygen atoms in total. The highest BCUT2D eigenvalue weighted by molar-refractivity contribution is 5.90. The maximum absolute atomic E-state index is 11.8. The van der Waals surface area contributed by atoms with E-state index in [4.69, 9.17) is 5.73 Å². The first kappa shape index (κ1) is 13.8. The van der Waals surface area contributed by atoms with Gasteiger partial charge in [0.1, 0.15) is 6.54 Å². The monoisotopic (exact) mass is 269 g/mol. The minimum atomic E-state index is -0.169. The predicted molar refractivity (Wildman–Crippen MR) is 75.8 cm³/mol. The average Bonchev–Trinajstić information content (AvgIpc) is 2.92. The van der Waals surface area contributed by atoms with Crippen LogP contribution in [0.3, 0.4) is 0 Å². The van der Waals surface area contributed by atoms with E-state index in [9.17, 15) is 4.79 Å². The fourth-order valence-corrected chi connectivity index (χ4v) is 1.65. The zero-order valence-corrected chi connectivity index (χ0v) is 11.1. The summed E-state index contributed by atoms with van der Waals surface area (Å²) in [4.78, 5) is 11.8. The Labute approximate surface area is 117 Å². The quantitative estimate of drug-likeness (QED) is 0.796. The Morgan fingerprint density at radius 1 is 1.50 bits per heavy atom. The van der Waals surface area contributed by atoms with Gasteiger partial charge in [-0.05, 0) is 24.6 Å². The van der Waals surface area contributed by atoms with Crippen molar-refractivity contribution in [2.45, 2.75) is 13.5 Å². The summed E-state index contributed by atoms with van der Waals surface area (Å²) in [7, 11) is 0. The number of carbonyl (C=O) groups is 1. The van der Waals surface area contributed by atoms with Crippen LogP contribution in [-0.4, -0.2) is 27.4 Å². The maximum atomic E-state index is 11.8. The second-order valence-corrected chi connectivity index (χ2v) is 4.18. The molecule has 20 heavy (non-hydrogen) atoms. The third-order valence-corrected chi connectivity index (χ3v) is 2.62. The van der Waals surface area contributed by atoms with Crippen LogP contribution in [0.25, 0.3) is 0 Å². The lowest BCUT2D eigenvalue weighted by Crippen LogP contribution is -2.19. The van der Waals surface area contributed by atoms with Crippen molar-refractivity contribution >= 4 is 11.6 Å². The van der Waals surface area contributed by atoms with Gasteiger partial charge < -0.3 is 11.1 Å². The van der Waals surface area contributed by atoms with Crippen molar-refractivity contribution in [3.05, 3.63) is 41.7 Å². The molecule has 102 valence electrons. The number of carbonyl (C=O) groups excluding carboxylic acids is 1. The average molecular weight is 269 g/mol. The summed E-state index contributed by atoms with van der Waals surface area (Å²) in [6.45, 7) is 2.39. The molecule has 2 rings (SSSR count). The standard InChI is InChI=1S/C14H15N5O/c1-11-4-5-13(9-12(11)3-2-6-15)17-14(20)10-19-8-7-16-18-19/h4-5,7-9H,6,10,15H2,1H3,(H,17,20). The number of hydrogen-bond acceptors (Lipinski definition) is 4. The van der Waals surface area contributed by atoms with Crippen molar-refractivity contribution in [3.63, 3.8) is 0 Å². The molecule has 0 spiro atoms. The molecule has 1 aromatic carbocycles. The lowest BCUT2D eigenvalue weighted by atomic mass is 10.1. The van der Waals surface area contributed by atoms with Crippen LogP contribution in [0.4, 0.5) is 5.69 Å². The first-order valence-electron chi connectivity index (χ1n) is 6.12. The minimum absolute atomic E-state index is 0.123. The van der Waals surface area contributed by atoms with E-state index < -0.39 is 0 Å². The number of nitrogens with one attached hydrogen (secondary N) is 1. The third kappa shape index (κ3) is 3.67. The topological polar surface area (TPSA) is 85.8 Å². The van der Waals surface area contributed by atoms with Gasteiger partial charge in [-0.15, -0.1) is 5.10 Å². The van der Waals surface area contributed by atoms with E-state index in [2.05, 4.69) is 27.5 Å². The Morgan fingerprint density at radius 2 is 2.35 bits per heavy atom. The van der Waals surface area contributed by atoms with Gasteiger partial charge in [0.2, 0.25) is 5.91 Å². The van der Waals surface area contributed by atoms with E-state index in [1.165, 1.54) is 10.9 Å². The molecular weight excluding hydrogens is 254 g/mol. The maximum Gasteiger partial charge on any atom is 0.246 e. The number of nitrogens with zero attached hydrogens (tertiary/aromatic N) is 3. The van der Waals surface area contributed by atoms with E-state index in [0.29, 0.717) is 12.2 Å². The van der Waals surface area contributed by atoms with Crippen LogP contribution in [0.2, 0.25) is 0 Å². The second-order valence-electron chi connectivity index (χ2n) is 4.18. The minimum Gasteiger partial charge on any atom is -0.324 e. The van der Waals surface area contributed by atoms with Crippen molar-refractivity contribution < 1.29 is 4.79 Å². The first-order valence-corrected chi connectivity index (χ1v) is 6.12. The summed E-state index contributed by atoms with van der Waals surface area (Å²) in [5.74, 6) is 5.61. The normalized spacial score (nSPS) is 9.70. The van der Waals surface area contributed by atoms with Crippen LogP contribution >= 0.6 is 0 Å². The fourth-order valence-electron chi connectivity index (χ4n) is 1.65. The molecule has 0 aliphatic carbocycles. The molecule has 2 aromatic rings. The van der Waals surface area contributed by atoms with Crippen molar-refractivity contribution in [2.75, 3.05) is 11.9 Å². The summed E-state index contributed by atoms with van der Waals surface area (Å²) in [6, 6.07) is 5.57. The van der Waals surface area contributed by atoms with E-state index in [1.54, 1.807) is 6.20 Å². The molecule has 0 unspecified atom stereocenters. The molecule has 6 heteroatoms. The Kier molecular flexibility index (Phi) is 4.47. The zero-order valence-electron chi connectivity index (χ0n) is 11.1. The van der Waals surface area contributed by atoms with Crippen LogP contribution in [0, 0.1) is 18.8 Å². The van der Waals surface area contributed by atoms with Gasteiger partial charge in [0, 0.05) is 17.4 Å². The van der Waals surface area contributed by atoms with Gasteiger partial charge in [0.15, 0.2) is 0 Å². The molecule has 0 radical (unpaired) electrons. The molecule has 3 N–H and O–H groups in total. The van der Waals surface area contributed by atoms with Gasteiger partial charge in [-0.1, -0.05) is 23.1 Å². The Hall–Kier alpha value is -2.65. The predicted octanol–water partition coefficient (Wildman–Crippen LogP) is 0.535. The van der Waals surface area contributed by atoms with Crippen molar-refractivity contribution in [1.29, 1.82) is 0 Å². The van der Waals surface area contributed by atoms with Crippen LogP contribution in [0.1, 0.15) is 11.1 Å². The lowest BCUT2D eigenvalue weighted by Gasteiger charge is -2.07. The van der Waals surface area contributed by atoms with E-state index >= 15 is 0 Å². The Bertz CT molecular complexity index is 652. The zero-order chi connectivity index (χ0) is 14.4. The van der Waals surface area contributed by atoms with Gasteiger partial charge in [0.25, 0.3) is 0 Å². The van der Waals surface area contributed by atoms with E-state index in [-0.39, 0.29) is 12.5 Å². The highest BCUT2D eigenvalue weighted by Crippen LogP contribution is 2.14. The number of benzene rings is 1. The Balaban J connectivity index is 2.07. The van der Waals surface area contributed by atoms with Gasteiger partial charge >= 0.3 is 0 Å². The molecule has 1 aromatic heterocycles. The molecule has 0 bridgehead atoms. The molecule has 0 aliphatic heterocycles. The summed E-state index contributed by atoms with van der Waals surface area (Å²) >= 11 is 0. The first-order chi connectivity index (χ1) is 9.69. The van der Waals surface area contributed by atoms with E-state index in [0.717, 1.165) is 11.1 Å². The molecule has 0 aliphatic rings. The SMILES string of the molecule is Cc1ccc(NC(=O)Cn2ccnn2)cc1C#CCN. The van der Waals surface area contributed by atoms with Crippen LogP contribution in [0.15, 0.2) is 30.6 Å².